The van der Waals surface area contributed by atoms with E-state index in [-0.39, 0.29) is 0 Å². The molecule has 3 aromatic heterocycles. The number of benzene rings is 1. The lowest BCUT2D eigenvalue weighted by molar-refractivity contribution is 0.318. The molecule has 0 spiro atoms. The van der Waals surface area contributed by atoms with Crippen molar-refractivity contribution in [3.8, 4) is 5.75 Å². The highest BCUT2D eigenvalue weighted by Crippen LogP contribution is 2.24. The van der Waals surface area contributed by atoms with Crippen LogP contribution in [-0.4, -0.2) is 37.7 Å². The highest BCUT2D eigenvalue weighted by Gasteiger charge is 2.07. The summed E-state index contributed by atoms with van der Waals surface area (Å²) in [6.07, 6.45) is 8.95. The fourth-order valence-electron chi connectivity index (χ4n) is 2.87. The Bertz CT molecular complexity index is 989. The summed E-state index contributed by atoms with van der Waals surface area (Å²) in [6.45, 7) is 3.60. The Balaban J connectivity index is 1.48. The first-order chi connectivity index (χ1) is 12.3. The van der Waals surface area contributed by atoms with Gasteiger partial charge in [-0.05, 0) is 36.6 Å². The Morgan fingerprint density at radius 3 is 3.16 bits per heavy atom. The maximum absolute atomic E-state index is 5.74. The van der Waals surface area contributed by atoms with Crippen molar-refractivity contribution >= 4 is 22.4 Å². The van der Waals surface area contributed by atoms with Crippen LogP contribution >= 0.6 is 0 Å². The second-order valence-electron chi connectivity index (χ2n) is 5.85. The SMILES string of the molecule is CCCOc1ccc2[nH]cc(CCNc3nccn4ncnc34)c2c1. The minimum Gasteiger partial charge on any atom is -0.494 e. The number of aromatic amines is 1. The van der Waals surface area contributed by atoms with Crippen molar-refractivity contribution in [2.75, 3.05) is 18.5 Å². The van der Waals surface area contributed by atoms with Gasteiger partial charge in [-0.25, -0.2) is 14.5 Å². The van der Waals surface area contributed by atoms with Gasteiger partial charge in [0.1, 0.15) is 12.1 Å². The highest BCUT2D eigenvalue weighted by molar-refractivity contribution is 5.84. The molecule has 0 bridgehead atoms. The van der Waals surface area contributed by atoms with Crippen LogP contribution in [0.3, 0.4) is 0 Å². The zero-order valence-corrected chi connectivity index (χ0v) is 14.1. The number of anilines is 1. The van der Waals surface area contributed by atoms with Crippen molar-refractivity contribution in [3.05, 3.63) is 48.7 Å². The van der Waals surface area contributed by atoms with Crippen LogP contribution in [0.5, 0.6) is 5.75 Å². The maximum atomic E-state index is 5.74. The number of nitrogens with one attached hydrogen (secondary N) is 2. The third kappa shape index (κ3) is 3.13. The Morgan fingerprint density at radius 1 is 1.28 bits per heavy atom. The standard InChI is InChI=1S/C18H20N6O/c1-2-9-25-14-3-4-16-15(10-14)13(11-21-16)5-6-19-17-18-22-12-23-24(18)8-7-20-17/h3-4,7-8,10-12,21H,2,5-6,9H2,1H3,(H,19,20). The lowest BCUT2D eigenvalue weighted by Crippen LogP contribution is -2.07. The van der Waals surface area contributed by atoms with Gasteiger partial charge < -0.3 is 15.0 Å². The second-order valence-corrected chi connectivity index (χ2v) is 5.85. The van der Waals surface area contributed by atoms with Gasteiger partial charge in [-0.3, -0.25) is 0 Å². The quantitative estimate of drug-likeness (QED) is 0.542. The minimum atomic E-state index is 0.733. The summed E-state index contributed by atoms with van der Waals surface area (Å²) in [5.74, 6) is 1.66. The molecular weight excluding hydrogens is 316 g/mol. The lowest BCUT2D eigenvalue weighted by atomic mass is 10.1. The molecule has 7 heteroatoms. The van der Waals surface area contributed by atoms with Crippen molar-refractivity contribution in [3.63, 3.8) is 0 Å². The number of ether oxygens (including phenoxy) is 1. The molecule has 1 aromatic carbocycles. The molecule has 7 nitrogen and oxygen atoms in total. The normalized spacial score (nSPS) is 11.2. The molecule has 2 N–H and O–H groups in total. The molecule has 0 saturated heterocycles. The molecule has 128 valence electrons. The van der Waals surface area contributed by atoms with Crippen LogP contribution in [-0.2, 0) is 6.42 Å². The molecule has 0 aliphatic heterocycles. The number of rotatable bonds is 7. The van der Waals surface area contributed by atoms with Gasteiger partial charge in [-0.1, -0.05) is 6.92 Å². The van der Waals surface area contributed by atoms with E-state index in [0.717, 1.165) is 48.7 Å². The number of fused-ring (bicyclic) bond motifs is 2. The predicted molar refractivity (Wildman–Crippen MR) is 97.1 cm³/mol. The maximum Gasteiger partial charge on any atom is 0.198 e. The van der Waals surface area contributed by atoms with Crippen LogP contribution in [0.2, 0.25) is 0 Å². The molecule has 4 rings (SSSR count). The number of aromatic nitrogens is 5. The second kappa shape index (κ2) is 6.80. The van der Waals surface area contributed by atoms with Crippen LogP contribution in [0.25, 0.3) is 16.6 Å². The summed E-state index contributed by atoms with van der Waals surface area (Å²) >= 11 is 0. The fourth-order valence-corrected chi connectivity index (χ4v) is 2.87. The van der Waals surface area contributed by atoms with Crippen molar-refractivity contribution in [1.82, 2.24) is 24.6 Å². The number of H-pyrrole nitrogens is 1. The summed E-state index contributed by atoms with van der Waals surface area (Å²) in [5, 5.41) is 8.66. The number of hydrogen-bond donors (Lipinski definition) is 2. The van der Waals surface area contributed by atoms with Gasteiger partial charge in [0.2, 0.25) is 0 Å². The van der Waals surface area contributed by atoms with E-state index in [2.05, 4.69) is 50.6 Å². The minimum absolute atomic E-state index is 0.733. The first-order valence-electron chi connectivity index (χ1n) is 8.46. The van der Waals surface area contributed by atoms with Gasteiger partial charge in [0.05, 0.1) is 6.61 Å². The smallest absolute Gasteiger partial charge is 0.198 e. The van der Waals surface area contributed by atoms with Gasteiger partial charge in [-0.15, -0.1) is 0 Å². The largest absolute Gasteiger partial charge is 0.494 e. The molecule has 0 aliphatic carbocycles. The summed E-state index contributed by atoms with van der Waals surface area (Å²) in [5.41, 5.74) is 3.10. The van der Waals surface area contributed by atoms with Crippen LogP contribution < -0.4 is 10.1 Å². The third-order valence-corrected chi connectivity index (χ3v) is 4.09. The first kappa shape index (κ1) is 15.4. The van der Waals surface area contributed by atoms with E-state index in [1.165, 1.54) is 17.3 Å². The predicted octanol–water partition coefficient (Wildman–Crippen LogP) is 3.05. The highest BCUT2D eigenvalue weighted by atomic mass is 16.5. The Morgan fingerprint density at radius 2 is 2.24 bits per heavy atom. The Hall–Kier alpha value is -3.09. The molecule has 25 heavy (non-hydrogen) atoms. The van der Waals surface area contributed by atoms with Crippen LogP contribution in [0.15, 0.2) is 43.1 Å². The van der Waals surface area contributed by atoms with Gasteiger partial charge in [0, 0.05) is 36.0 Å². The molecule has 0 fully saturated rings. The van der Waals surface area contributed by atoms with E-state index in [4.69, 9.17) is 4.74 Å². The van der Waals surface area contributed by atoms with Crippen molar-refractivity contribution < 1.29 is 4.74 Å². The molecular formula is C18H20N6O. The average Bonchev–Trinajstić information content (AvgIpc) is 3.27. The average molecular weight is 336 g/mol. The van der Waals surface area contributed by atoms with Crippen molar-refractivity contribution in [2.45, 2.75) is 19.8 Å². The van der Waals surface area contributed by atoms with E-state index in [1.54, 1.807) is 16.9 Å². The van der Waals surface area contributed by atoms with Gasteiger partial charge in [0.25, 0.3) is 0 Å². The summed E-state index contributed by atoms with van der Waals surface area (Å²) in [7, 11) is 0. The zero-order valence-electron chi connectivity index (χ0n) is 14.1. The van der Waals surface area contributed by atoms with Crippen LogP contribution in [0.4, 0.5) is 5.82 Å². The van der Waals surface area contributed by atoms with Gasteiger partial charge in [0.15, 0.2) is 11.5 Å². The molecule has 0 saturated carbocycles. The molecule has 0 atom stereocenters. The van der Waals surface area contributed by atoms with Crippen LogP contribution in [0.1, 0.15) is 18.9 Å². The zero-order chi connectivity index (χ0) is 17.1. The number of nitrogens with zero attached hydrogens (tertiary/aromatic N) is 4. The molecule has 4 aromatic rings. The van der Waals surface area contributed by atoms with Gasteiger partial charge >= 0.3 is 0 Å². The molecule has 0 radical (unpaired) electrons. The van der Waals surface area contributed by atoms with E-state index in [0.29, 0.717) is 0 Å². The molecule has 0 aliphatic rings. The monoisotopic (exact) mass is 336 g/mol. The number of hydrogen-bond acceptors (Lipinski definition) is 5. The fraction of sp³-hybridized carbons (Fsp3) is 0.278. The summed E-state index contributed by atoms with van der Waals surface area (Å²) in [4.78, 5) is 11.9. The molecule has 0 amide bonds. The Labute approximate surface area is 145 Å². The van der Waals surface area contributed by atoms with E-state index < -0.39 is 0 Å². The van der Waals surface area contributed by atoms with E-state index in [1.807, 2.05) is 6.07 Å². The Kier molecular flexibility index (Phi) is 4.20. The van der Waals surface area contributed by atoms with Crippen molar-refractivity contribution in [2.24, 2.45) is 0 Å². The van der Waals surface area contributed by atoms with Crippen LogP contribution in [0, 0.1) is 0 Å². The van der Waals surface area contributed by atoms with E-state index in [9.17, 15) is 0 Å². The third-order valence-electron chi connectivity index (χ3n) is 4.09. The van der Waals surface area contributed by atoms with Gasteiger partial charge in [-0.2, -0.15) is 5.10 Å². The lowest BCUT2D eigenvalue weighted by Gasteiger charge is -2.07. The molecule has 3 heterocycles. The first-order valence-corrected chi connectivity index (χ1v) is 8.46. The topological polar surface area (TPSA) is 80.1 Å². The van der Waals surface area contributed by atoms with Crippen molar-refractivity contribution in [1.29, 1.82) is 0 Å². The summed E-state index contributed by atoms with van der Waals surface area (Å²) < 4.78 is 7.45. The van der Waals surface area contributed by atoms with E-state index >= 15 is 0 Å². The molecule has 0 unspecified atom stereocenters. The summed E-state index contributed by atoms with van der Waals surface area (Å²) in [6, 6.07) is 6.18.